The highest BCUT2D eigenvalue weighted by molar-refractivity contribution is 7.91. The van der Waals surface area contributed by atoms with E-state index in [0.717, 1.165) is 0 Å². The quantitative estimate of drug-likeness (QED) is 0.488. The van der Waals surface area contributed by atoms with E-state index in [1.165, 1.54) is 31.2 Å². The third kappa shape index (κ3) is 3.22. The van der Waals surface area contributed by atoms with Crippen LogP contribution in [0.5, 0.6) is 5.75 Å². The minimum atomic E-state index is -3.38. The smallest absolute Gasteiger partial charge is 0.359 e. The van der Waals surface area contributed by atoms with E-state index in [-0.39, 0.29) is 28.5 Å². The Labute approximate surface area is 121 Å². The predicted molar refractivity (Wildman–Crippen MR) is 73.8 cm³/mol. The second-order valence-electron chi connectivity index (χ2n) is 4.29. The van der Waals surface area contributed by atoms with Crippen LogP contribution in [0.3, 0.4) is 0 Å². The number of carboxylic acid groups (broad SMARTS) is 1. The van der Waals surface area contributed by atoms with Crippen molar-refractivity contribution in [3.05, 3.63) is 30.0 Å². The summed E-state index contributed by atoms with van der Waals surface area (Å²) in [4.78, 5) is 22.3. The number of anilines is 1. The van der Waals surface area contributed by atoms with Gasteiger partial charge in [-0.15, -0.1) is 0 Å². The fraction of sp³-hybridized carbons (Fsp3) is 0.231. The van der Waals surface area contributed by atoms with Crippen LogP contribution < -0.4 is 10.1 Å². The van der Waals surface area contributed by atoms with E-state index in [1.807, 2.05) is 0 Å². The van der Waals surface area contributed by atoms with Gasteiger partial charge in [0.1, 0.15) is 5.70 Å². The fourth-order valence-electron chi connectivity index (χ4n) is 1.73. The molecule has 0 aliphatic carbocycles. The van der Waals surface area contributed by atoms with Gasteiger partial charge in [0.05, 0.1) is 22.8 Å². The maximum Gasteiger partial charge on any atom is 0.359 e. The molecule has 7 nitrogen and oxygen atoms in total. The van der Waals surface area contributed by atoms with Crippen LogP contribution in [0.15, 0.2) is 34.9 Å². The van der Waals surface area contributed by atoms with Crippen LogP contribution in [0.25, 0.3) is 0 Å². The van der Waals surface area contributed by atoms with Crippen molar-refractivity contribution in [2.75, 3.05) is 11.1 Å². The van der Waals surface area contributed by atoms with Crippen LogP contribution >= 0.6 is 0 Å². The number of aliphatic carboxylic acids is 1. The van der Waals surface area contributed by atoms with Crippen LogP contribution in [0.2, 0.25) is 0 Å². The average molecular weight is 311 g/mol. The van der Waals surface area contributed by atoms with E-state index >= 15 is 0 Å². The lowest BCUT2D eigenvalue weighted by atomic mass is 10.2. The molecule has 0 unspecified atom stereocenters. The molecule has 0 saturated carbocycles. The van der Waals surface area contributed by atoms with Crippen molar-refractivity contribution in [1.29, 1.82) is 0 Å². The summed E-state index contributed by atoms with van der Waals surface area (Å²) in [6.45, 7) is 1.53. The normalized spacial score (nSPS) is 16.0. The van der Waals surface area contributed by atoms with Gasteiger partial charge in [-0.3, -0.25) is 4.79 Å². The summed E-state index contributed by atoms with van der Waals surface area (Å²) in [5.74, 6) is -1.66. The lowest BCUT2D eigenvalue weighted by Gasteiger charge is -2.20. The number of carbonyl (C=O) groups is 2. The second-order valence-corrected chi connectivity index (χ2v) is 6.57. The van der Waals surface area contributed by atoms with Gasteiger partial charge in [-0.1, -0.05) is 6.92 Å². The standard InChI is InChI=1S/C13H13NO6S/c1-2-21(18,19)8-3-5-11-10(7-8)14-9(13(17)20-11)4-6-12(15)16/h3-5,7,14H,2,6H2,1H3,(H,15,16). The molecule has 0 spiro atoms. The molecule has 0 saturated heterocycles. The maximum atomic E-state index is 11.8. The van der Waals surface area contributed by atoms with Crippen molar-refractivity contribution in [1.82, 2.24) is 0 Å². The minimum absolute atomic E-state index is 0.0315. The van der Waals surface area contributed by atoms with E-state index in [2.05, 4.69) is 5.32 Å². The fourth-order valence-corrected chi connectivity index (χ4v) is 2.64. The first kappa shape index (κ1) is 15.0. The third-order valence-corrected chi connectivity index (χ3v) is 4.60. The van der Waals surface area contributed by atoms with Gasteiger partial charge in [-0.05, 0) is 24.3 Å². The molecule has 21 heavy (non-hydrogen) atoms. The molecule has 0 aromatic heterocycles. The number of benzene rings is 1. The Morgan fingerprint density at radius 2 is 2.14 bits per heavy atom. The molecule has 1 aliphatic heterocycles. The molecule has 1 aromatic rings. The van der Waals surface area contributed by atoms with Gasteiger partial charge in [0.2, 0.25) is 0 Å². The third-order valence-electron chi connectivity index (χ3n) is 2.86. The number of carboxylic acids is 1. The number of fused-ring (bicyclic) bond motifs is 1. The summed E-state index contributed by atoms with van der Waals surface area (Å²) >= 11 is 0. The second kappa shape index (κ2) is 5.57. The van der Waals surface area contributed by atoms with E-state index in [4.69, 9.17) is 9.84 Å². The lowest BCUT2D eigenvalue weighted by Crippen LogP contribution is -2.23. The Hall–Kier alpha value is -2.35. The van der Waals surface area contributed by atoms with Crippen LogP contribution in [-0.4, -0.2) is 31.2 Å². The zero-order valence-electron chi connectivity index (χ0n) is 11.1. The van der Waals surface area contributed by atoms with Gasteiger partial charge in [0.25, 0.3) is 0 Å². The highest BCUT2D eigenvalue weighted by Crippen LogP contribution is 2.33. The van der Waals surface area contributed by atoms with Gasteiger partial charge < -0.3 is 15.2 Å². The molecular formula is C13H13NO6S. The average Bonchev–Trinajstić information content (AvgIpc) is 2.44. The van der Waals surface area contributed by atoms with Crippen molar-refractivity contribution in [2.24, 2.45) is 0 Å². The largest absolute Gasteiger partial charge is 0.481 e. The maximum absolute atomic E-state index is 11.8. The number of nitrogens with one attached hydrogen (secondary N) is 1. The molecule has 2 N–H and O–H groups in total. The molecule has 112 valence electrons. The van der Waals surface area contributed by atoms with Crippen molar-refractivity contribution in [3.63, 3.8) is 0 Å². The Bertz CT molecular complexity index is 735. The van der Waals surface area contributed by atoms with Gasteiger partial charge in [-0.2, -0.15) is 0 Å². The van der Waals surface area contributed by atoms with Gasteiger partial charge in [0, 0.05) is 0 Å². The Kier molecular flexibility index (Phi) is 3.99. The number of hydrogen-bond acceptors (Lipinski definition) is 6. The van der Waals surface area contributed by atoms with E-state index in [0.29, 0.717) is 5.69 Å². The van der Waals surface area contributed by atoms with Crippen LogP contribution in [0.4, 0.5) is 5.69 Å². The number of carbonyl (C=O) groups excluding carboxylic acids is 1. The summed E-state index contributed by atoms with van der Waals surface area (Å²) in [5, 5.41) is 11.3. The predicted octanol–water partition coefficient (Wildman–Crippen LogP) is 1.17. The van der Waals surface area contributed by atoms with Crippen molar-refractivity contribution < 1.29 is 27.9 Å². The molecule has 8 heteroatoms. The SMILES string of the molecule is CCS(=O)(=O)c1ccc2c(c1)NC(=CCC(=O)O)C(=O)O2. The van der Waals surface area contributed by atoms with Crippen LogP contribution in [-0.2, 0) is 19.4 Å². The summed E-state index contributed by atoms with van der Waals surface area (Å²) in [7, 11) is -3.38. The Morgan fingerprint density at radius 3 is 2.76 bits per heavy atom. The molecule has 1 heterocycles. The first-order valence-electron chi connectivity index (χ1n) is 6.11. The molecule has 0 bridgehead atoms. The lowest BCUT2D eigenvalue weighted by molar-refractivity contribution is -0.136. The first-order valence-corrected chi connectivity index (χ1v) is 7.76. The Balaban J connectivity index is 2.37. The molecule has 1 aliphatic rings. The molecule has 1 aromatic carbocycles. The summed E-state index contributed by atoms with van der Waals surface area (Å²) in [6.07, 6.45) is 0.828. The number of rotatable bonds is 4. The highest BCUT2D eigenvalue weighted by Gasteiger charge is 2.24. The zero-order valence-corrected chi connectivity index (χ0v) is 11.9. The van der Waals surface area contributed by atoms with E-state index in [1.54, 1.807) is 0 Å². The molecule has 0 atom stereocenters. The minimum Gasteiger partial charge on any atom is -0.481 e. The van der Waals surface area contributed by atoms with Gasteiger partial charge in [-0.25, -0.2) is 13.2 Å². The van der Waals surface area contributed by atoms with Crippen LogP contribution in [0, 0.1) is 0 Å². The van der Waals surface area contributed by atoms with Crippen molar-refractivity contribution in [2.45, 2.75) is 18.2 Å². The molecule has 0 amide bonds. The summed E-state index contributed by atoms with van der Waals surface area (Å²) in [6, 6.07) is 4.10. The van der Waals surface area contributed by atoms with Gasteiger partial charge in [0.15, 0.2) is 15.6 Å². The molecule has 0 fully saturated rings. The highest BCUT2D eigenvalue weighted by atomic mass is 32.2. The molecular weight excluding hydrogens is 298 g/mol. The monoisotopic (exact) mass is 311 g/mol. The number of sulfone groups is 1. The van der Waals surface area contributed by atoms with E-state index < -0.39 is 21.8 Å². The Morgan fingerprint density at radius 1 is 1.43 bits per heavy atom. The van der Waals surface area contributed by atoms with Crippen molar-refractivity contribution in [3.8, 4) is 5.75 Å². The van der Waals surface area contributed by atoms with Crippen LogP contribution in [0.1, 0.15) is 13.3 Å². The first-order chi connectivity index (χ1) is 9.83. The number of hydrogen-bond donors (Lipinski definition) is 2. The van der Waals surface area contributed by atoms with Gasteiger partial charge >= 0.3 is 11.9 Å². The summed E-state index contributed by atoms with van der Waals surface area (Å²) in [5.41, 5.74) is 0.275. The number of esters is 1. The molecule has 0 radical (unpaired) electrons. The van der Waals surface area contributed by atoms with E-state index in [9.17, 15) is 18.0 Å². The molecule has 2 rings (SSSR count). The number of ether oxygens (including phenoxy) is 1. The topological polar surface area (TPSA) is 110 Å². The summed E-state index contributed by atoms with van der Waals surface area (Å²) < 4.78 is 28.7. The zero-order chi connectivity index (χ0) is 15.6. The van der Waals surface area contributed by atoms with Crippen molar-refractivity contribution >= 4 is 27.5 Å².